The Kier molecular flexibility index (Phi) is 3.33. The highest BCUT2D eigenvalue weighted by Crippen LogP contribution is 2.19. The minimum absolute atomic E-state index is 0.550. The summed E-state index contributed by atoms with van der Waals surface area (Å²) in [7, 11) is 0. The van der Waals surface area contributed by atoms with E-state index in [1.54, 1.807) is 0 Å². The lowest BCUT2D eigenvalue weighted by Gasteiger charge is -2.31. The highest BCUT2D eigenvalue weighted by Gasteiger charge is 2.17. The van der Waals surface area contributed by atoms with Crippen molar-refractivity contribution in [2.45, 2.75) is 19.5 Å². The smallest absolute Gasteiger partial charge is 0.138 e. The zero-order valence-electron chi connectivity index (χ0n) is 8.03. The molecule has 0 aliphatic carbocycles. The fraction of sp³-hybridized carbons (Fsp3) is 0.750. The molecule has 78 valence electrons. The van der Waals surface area contributed by atoms with Gasteiger partial charge in [0.2, 0.25) is 0 Å². The Morgan fingerprint density at radius 3 is 3.21 bits per heavy atom. The van der Waals surface area contributed by atoms with Crippen LogP contribution in [0.1, 0.15) is 12.6 Å². The van der Waals surface area contributed by atoms with Gasteiger partial charge in [-0.3, -0.25) is 4.90 Å². The highest BCUT2D eigenvalue weighted by molar-refractivity contribution is 7.10. The van der Waals surface area contributed by atoms with Crippen LogP contribution in [0, 0.1) is 0 Å². The maximum atomic E-state index is 5.95. The van der Waals surface area contributed by atoms with Crippen LogP contribution in [0.2, 0.25) is 4.34 Å². The number of rotatable bonds is 2. The summed E-state index contributed by atoms with van der Waals surface area (Å²) in [6, 6.07) is 0.550. The van der Waals surface area contributed by atoms with E-state index in [0.29, 0.717) is 6.04 Å². The Morgan fingerprint density at radius 1 is 1.71 bits per heavy atom. The van der Waals surface area contributed by atoms with Crippen LogP contribution in [-0.4, -0.2) is 40.2 Å². The quantitative estimate of drug-likeness (QED) is 0.826. The molecule has 1 aliphatic heterocycles. The fourth-order valence-electron chi connectivity index (χ4n) is 1.66. The van der Waals surface area contributed by atoms with Gasteiger partial charge in [-0.05, 0) is 6.92 Å². The molecule has 14 heavy (non-hydrogen) atoms. The predicted molar refractivity (Wildman–Crippen MR) is 57.7 cm³/mol. The third-order valence-electron chi connectivity index (χ3n) is 2.34. The van der Waals surface area contributed by atoms with Crippen molar-refractivity contribution in [1.82, 2.24) is 19.8 Å². The van der Waals surface area contributed by atoms with E-state index in [2.05, 4.69) is 26.7 Å². The SMILES string of the molecule is C[C@@H]1CN(Cc2nnsc2Cl)CCN1. The molecule has 2 heterocycles. The number of nitrogens with one attached hydrogen (secondary N) is 1. The standard InChI is InChI=1S/C8H13ClN4S/c1-6-4-13(3-2-10-6)5-7-8(9)14-12-11-7/h6,10H,2-5H2,1H3/t6-/m1/s1. The lowest BCUT2D eigenvalue weighted by atomic mass is 10.2. The number of hydrogen-bond donors (Lipinski definition) is 1. The molecule has 0 spiro atoms. The van der Waals surface area contributed by atoms with Gasteiger partial charge >= 0.3 is 0 Å². The summed E-state index contributed by atoms with van der Waals surface area (Å²) in [6.07, 6.45) is 0. The van der Waals surface area contributed by atoms with Crippen molar-refractivity contribution in [2.75, 3.05) is 19.6 Å². The van der Waals surface area contributed by atoms with E-state index >= 15 is 0 Å². The predicted octanol–water partition coefficient (Wildman–Crippen LogP) is 0.985. The molecule has 1 aliphatic rings. The second kappa shape index (κ2) is 4.53. The number of nitrogens with zero attached hydrogens (tertiary/aromatic N) is 3. The Bertz CT molecular complexity index is 303. The zero-order valence-corrected chi connectivity index (χ0v) is 9.61. The number of piperazine rings is 1. The third kappa shape index (κ3) is 2.42. The molecular weight excluding hydrogens is 220 g/mol. The van der Waals surface area contributed by atoms with Crippen LogP contribution in [0.25, 0.3) is 0 Å². The van der Waals surface area contributed by atoms with Gasteiger partial charge in [-0.1, -0.05) is 16.1 Å². The first-order valence-electron chi connectivity index (χ1n) is 4.68. The number of hydrogen-bond acceptors (Lipinski definition) is 5. The minimum atomic E-state index is 0.550. The average Bonchev–Trinajstić information content (AvgIpc) is 2.52. The van der Waals surface area contributed by atoms with Gasteiger partial charge in [0.15, 0.2) is 0 Å². The van der Waals surface area contributed by atoms with Crippen LogP contribution in [0.4, 0.5) is 0 Å². The lowest BCUT2D eigenvalue weighted by molar-refractivity contribution is 0.197. The fourth-order valence-corrected chi connectivity index (χ4v) is 2.27. The van der Waals surface area contributed by atoms with E-state index in [0.717, 1.165) is 36.2 Å². The summed E-state index contributed by atoms with van der Waals surface area (Å²) < 4.78 is 4.54. The molecule has 1 N–H and O–H groups in total. The topological polar surface area (TPSA) is 41.1 Å². The van der Waals surface area contributed by atoms with Gasteiger partial charge in [0.25, 0.3) is 0 Å². The van der Waals surface area contributed by atoms with Crippen molar-refractivity contribution in [3.8, 4) is 0 Å². The van der Waals surface area contributed by atoms with Gasteiger partial charge in [-0.15, -0.1) is 5.10 Å². The Morgan fingerprint density at radius 2 is 2.57 bits per heavy atom. The first kappa shape index (κ1) is 10.3. The highest BCUT2D eigenvalue weighted by atomic mass is 35.5. The van der Waals surface area contributed by atoms with E-state index < -0.39 is 0 Å². The molecule has 1 aromatic rings. The number of halogens is 1. The summed E-state index contributed by atoms with van der Waals surface area (Å²) in [5, 5.41) is 7.41. The Labute approximate surface area is 92.4 Å². The van der Waals surface area contributed by atoms with Crippen molar-refractivity contribution in [3.63, 3.8) is 0 Å². The molecule has 1 atom stereocenters. The van der Waals surface area contributed by atoms with Gasteiger partial charge in [0, 0.05) is 43.8 Å². The summed E-state index contributed by atoms with van der Waals surface area (Å²) in [4.78, 5) is 2.35. The van der Waals surface area contributed by atoms with Crippen molar-refractivity contribution in [2.24, 2.45) is 0 Å². The van der Waals surface area contributed by atoms with Crippen molar-refractivity contribution in [3.05, 3.63) is 10.0 Å². The van der Waals surface area contributed by atoms with Crippen LogP contribution in [-0.2, 0) is 6.54 Å². The molecule has 0 radical (unpaired) electrons. The molecule has 1 saturated heterocycles. The largest absolute Gasteiger partial charge is 0.312 e. The maximum Gasteiger partial charge on any atom is 0.138 e. The average molecular weight is 233 g/mol. The van der Waals surface area contributed by atoms with Crippen LogP contribution < -0.4 is 5.32 Å². The summed E-state index contributed by atoms with van der Waals surface area (Å²) in [5.41, 5.74) is 0.908. The maximum absolute atomic E-state index is 5.95. The van der Waals surface area contributed by atoms with Crippen LogP contribution >= 0.6 is 23.1 Å². The normalized spacial score (nSPS) is 24.0. The molecule has 1 aromatic heterocycles. The molecule has 0 bridgehead atoms. The van der Waals surface area contributed by atoms with Gasteiger partial charge in [0.05, 0.1) is 0 Å². The first-order chi connectivity index (χ1) is 6.75. The van der Waals surface area contributed by atoms with Crippen LogP contribution in [0.3, 0.4) is 0 Å². The molecule has 4 nitrogen and oxygen atoms in total. The van der Waals surface area contributed by atoms with Crippen molar-refractivity contribution in [1.29, 1.82) is 0 Å². The van der Waals surface area contributed by atoms with E-state index in [9.17, 15) is 0 Å². The molecule has 0 amide bonds. The van der Waals surface area contributed by atoms with Gasteiger partial charge in [-0.2, -0.15) is 0 Å². The second-order valence-electron chi connectivity index (χ2n) is 3.58. The molecule has 0 unspecified atom stereocenters. The van der Waals surface area contributed by atoms with Gasteiger partial charge in [0.1, 0.15) is 10.0 Å². The van der Waals surface area contributed by atoms with Crippen molar-refractivity contribution < 1.29 is 0 Å². The van der Waals surface area contributed by atoms with E-state index in [-0.39, 0.29) is 0 Å². The second-order valence-corrected chi connectivity index (χ2v) is 4.94. The molecule has 2 rings (SSSR count). The van der Waals surface area contributed by atoms with Gasteiger partial charge in [-0.25, -0.2) is 0 Å². The van der Waals surface area contributed by atoms with E-state index in [1.807, 2.05) is 0 Å². The monoisotopic (exact) mass is 232 g/mol. The molecule has 6 heteroatoms. The first-order valence-corrected chi connectivity index (χ1v) is 5.83. The lowest BCUT2D eigenvalue weighted by Crippen LogP contribution is -2.48. The summed E-state index contributed by atoms with van der Waals surface area (Å²) >= 11 is 7.20. The molecule has 0 aromatic carbocycles. The van der Waals surface area contributed by atoms with Gasteiger partial charge < -0.3 is 5.32 Å². The summed E-state index contributed by atoms with van der Waals surface area (Å²) in [6.45, 7) is 6.15. The minimum Gasteiger partial charge on any atom is -0.312 e. The third-order valence-corrected chi connectivity index (χ3v) is 3.32. The van der Waals surface area contributed by atoms with E-state index in [1.165, 1.54) is 11.5 Å². The van der Waals surface area contributed by atoms with E-state index in [4.69, 9.17) is 11.6 Å². The van der Waals surface area contributed by atoms with Crippen molar-refractivity contribution >= 4 is 23.1 Å². The molecular formula is C8H13ClN4S. The zero-order chi connectivity index (χ0) is 9.97. The Hall–Kier alpha value is -0.230. The molecule has 0 saturated carbocycles. The summed E-state index contributed by atoms with van der Waals surface area (Å²) in [5.74, 6) is 0. The van der Waals surface area contributed by atoms with Crippen LogP contribution in [0.5, 0.6) is 0 Å². The molecule has 1 fully saturated rings. The Balaban J connectivity index is 1.94. The number of aromatic nitrogens is 2. The van der Waals surface area contributed by atoms with Crippen LogP contribution in [0.15, 0.2) is 0 Å².